The minimum Gasteiger partial charge on any atom is -0.387 e. The minimum atomic E-state index is -4.22. The number of rotatable bonds is 2. The molecule has 0 fully saturated rings. The van der Waals surface area contributed by atoms with Crippen molar-refractivity contribution < 1.29 is 13.2 Å². The van der Waals surface area contributed by atoms with Gasteiger partial charge in [0.1, 0.15) is 0 Å². The standard InChI is InChI=1S/C8H7F3INS/c1-13-7-3-2-5(4-6(7)12)14-8(9,10)11/h2-4,13H,1H3. The number of anilines is 1. The Labute approximate surface area is 97.6 Å². The van der Waals surface area contributed by atoms with Crippen molar-refractivity contribution in [2.75, 3.05) is 12.4 Å². The highest BCUT2D eigenvalue weighted by atomic mass is 127. The zero-order valence-electron chi connectivity index (χ0n) is 7.15. The van der Waals surface area contributed by atoms with E-state index < -0.39 is 5.51 Å². The zero-order valence-corrected chi connectivity index (χ0v) is 10.1. The number of hydrogen-bond donors (Lipinski definition) is 1. The maximum atomic E-state index is 12.0. The van der Waals surface area contributed by atoms with Crippen molar-refractivity contribution in [2.24, 2.45) is 0 Å². The molecule has 0 atom stereocenters. The van der Waals surface area contributed by atoms with Gasteiger partial charge in [0, 0.05) is 21.2 Å². The Kier molecular flexibility index (Phi) is 3.94. The molecule has 0 aliphatic rings. The highest BCUT2D eigenvalue weighted by Crippen LogP contribution is 2.38. The Bertz CT molecular complexity index is 327. The van der Waals surface area contributed by atoms with Crippen LogP contribution in [-0.2, 0) is 0 Å². The van der Waals surface area contributed by atoms with E-state index in [1.165, 1.54) is 12.1 Å². The molecule has 0 amide bonds. The molecule has 0 heterocycles. The summed E-state index contributed by atoms with van der Waals surface area (Å²) in [5.74, 6) is 0. The summed E-state index contributed by atoms with van der Waals surface area (Å²) in [5.41, 5.74) is -3.39. The van der Waals surface area contributed by atoms with E-state index >= 15 is 0 Å². The van der Waals surface area contributed by atoms with Gasteiger partial charge in [-0.1, -0.05) is 0 Å². The number of hydrogen-bond acceptors (Lipinski definition) is 2. The molecule has 0 bridgehead atoms. The number of benzene rings is 1. The SMILES string of the molecule is CNc1ccc(SC(F)(F)F)cc1I. The largest absolute Gasteiger partial charge is 0.446 e. The zero-order chi connectivity index (χ0) is 10.8. The Morgan fingerprint density at radius 3 is 2.43 bits per heavy atom. The van der Waals surface area contributed by atoms with Crippen molar-refractivity contribution >= 4 is 40.0 Å². The Hall–Kier alpha value is -0.110. The Balaban J connectivity index is 2.87. The first kappa shape index (κ1) is 12.0. The Morgan fingerprint density at radius 1 is 1.36 bits per heavy atom. The second-order valence-electron chi connectivity index (χ2n) is 2.44. The van der Waals surface area contributed by atoms with Gasteiger partial charge in [0.05, 0.1) is 0 Å². The first-order valence-corrected chi connectivity index (χ1v) is 5.55. The molecule has 14 heavy (non-hydrogen) atoms. The second-order valence-corrected chi connectivity index (χ2v) is 4.74. The third kappa shape index (κ3) is 3.56. The van der Waals surface area contributed by atoms with E-state index in [-0.39, 0.29) is 16.7 Å². The van der Waals surface area contributed by atoms with Gasteiger partial charge in [0.2, 0.25) is 0 Å². The van der Waals surface area contributed by atoms with E-state index in [0.717, 1.165) is 9.26 Å². The molecule has 0 spiro atoms. The molecular weight excluding hydrogens is 326 g/mol. The Morgan fingerprint density at radius 2 is 2.00 bits per heavy atom. The van der Waals surface area contributed by atoms with Crippen molar-refractivity contribution in [1.82, 2.24) is 0 Å². The lowest BCUT2D eigenvalue weighted by atomic mass is 10.3. The first-order chi connectivity index (χ1) is 6.42. The molecule has 1 aromatic rings. The first-order valence-electron chi connectivity index (χ1n) is 3.65. The molecule has 1 rings (SSSR count). The van der Waals surface area contributed by atoms with Gasteiger partial charge < -0.3 is 5.32 Å². The molecule has 0 radical (unpaired) electrons. The highest BCUT2D eigenvalue weighted by molar-refractivity contribution is 14.1. The van der Waals surface area contributed by atoms with Crippen LogP contribution in [0, 0.1) is 3.57 Å². The second kappa shape index (κ2) is 4.61. The number of nitrogens with one attached hydrogen (secondary N) is 1. The predicted molar refractivity (Wildman–Crippen MR) is 60.6 cm³/mol. The summed E-state index contributed by atoms with van der Waals surface area (Å²) in [7, 11) is 1.73. The summed E-state index contributed by atoms with van der Waals surface area (Å²) >= 11 is 1.90. The van der Waals surface area contributed by atoms with E-state index in [9.17, 15) is 13.2 Å². The number of thioether (sulfide) groups is 1. The maximum Gasteiger partial charge on any atom is 0.446 e. The molecule has 0 aliphatic heterocycles. The van der Waals surface area contributed by atoms with Crippen molar-refractivity contribution in [3.8, 4) is 0 Å². The summed E-state index contributed by atoms with van der Waals surface area (Å²) in [6.07, 6.45) is 0. The van der Waals surface area contributed by atoms with Gasteiger partial charge in [-0.05, 0) is 52.6 Å². The molecule has 78 valence electrons. The lowest BCUT2D eigenvalue weighted by molar-refractivity contribution is -0.0328. The number of alkyl halides is 3. The number of halogens is 4. The van der Waals surface area contributed by atoms with Crippen LogP contribution in [0.2, 0.25) is 0 Å². The molecule has 0 aromatic heterocycles. The summed E-state index contributed by atoms with van der Waals surface area (Å²) in [5, 5.41) is 2.89. The lowest BCUT2D eigenvalue weighted by Crippen LogP contribution is -1.99. The monoisotopic (exact) mass is 333 g/mol. The van der Waals surface area contributed by atoms with Crippen LogP contribution < -0.4 is 5.32 Å². The van der Waals surface area contributed by atoms with Crippen LogP contribution in [0.1, 0.15) is 0 Å². The summed E-state index contributed by atoms with van der Waals surface area (Å²) in [4.78, 5) is 0.209. The van der Waals surface area contributed by atoms with Crippen molar-refractivity contribution in [3.63, 3.8) is 0 Å². The molecule has 0 saturated carbocycles. The van der Waals surface area contributed by atoms with Gasteiger partial charge >= 0.3 is 5.51 Å². The average molecular weight is 333 g/mol. The van der Waals surface area contributed by atoms with Crippen LogP contribution >= 0.6 is 34.4 Å². The van der Waals surface area contributed by atoms with Crippen molar-refractivity contribution in [3.05, 3.63) is 21.8 Å². The van der Waals surface area contributed by atoms with E-state index in [2.05, 4.69) is 5.32 Å². The van der Waals surface area contributed by atoms with Crippen LogP contribution in [0.4, 0.5) is 18.9 Å². The van der Waals surface area contributed by atoms with Gasteiger partial charge in [-0.3, -0.25) is 0 Å². The van der Waals surface area contributed by atoms with Gasteiger partial charge in [-0.25, -0.2) is 0 Å². The van der Waals surface area contributed by atoms with Crippen LogP contribution in [0.3, 0.4) is 0 Å². The molecule has 1 N–H and O–H groups in total. The minimum absolute atomic E-state index is 0.0985. The van der Waals surface area contributed by atoms with E-state index in [1.807, 2.05) is 22.6 Å². The van der Waals surface area contributed by atoms with E-state index in [4.69, 9.17) is 0 Å². The molecule has 6 heteroatoms. The van der Waals surface area contributed by atoms with Gasteiger partial charge in [0.25, 0.3) is 0 Å². The normalized spacial score (nSPS) is 11.5. The van der Waals surface area contributed by atoms with Crippen LogP contribution in [-0.4, -0.2) is 12.6 Å². The third-order valence-electron chi connectivity index (χ3n) is 1.44. The molecule has 1 nitrogen and oxygen atoms in total. The smallest absolute Gasteiger partial charge is 0.387 e. The molecule has 0 saturated heterocycles. The molecule has 0 aliphatic carbocycles. The van der Waals surface area contributed by atoms with E-state index in [0.29, 0.717) is 0 Å². The van der Waals surface area contributed by atoms with Crippen LogP contribution in [0.5, 0.6) is 0 Å². The summed E-state index contributed by atoms with van der Waals surface area (Å²) < 4.78 is 36.8. The lowest BCUT2D eigenvalue weighted by Gasteiger charge is -2.08. The predicted octanol–water partition coefficient (Wildman–Crippen LogP) is 3.94. The molecular formula is C8H7F3INS. The summed E-state index contributed by atoms with van der Waals surface area (Å²) in [6.45, 7) is 0. The van der Waals surface area contributed by atoms with E-state index in [1.54, 1.807) is 13.1 Å². The average Bonchev–Trinajstić information content (AvgIpc) is 2.01. The molecule has 0 unspecified atom stereocenters. The molecule has 1 aromatic carbocycles. The van der Waals surface area contributed by atoms with Crippen molar-refractivity contribution in [1.29, 1.82) is 0 Å². The fourth-order valence-corrected chi connectivity index (χ4v) is 2.47. The van der Waals surface area contributed by atoms with Gasteiger partial charge in [0.15, 0.2) is 0 Å². The topological polar surface area (TPSA) is 12.0 Å². The van der Waals surface area contributed by atoms with Crippen molar-refractivity contribution in [2.45, 2.75) is 10.4 Å². The maximum absolute atomic E-state index is 12.0. The third-order valence-corrected chi connectivity index (χ3v) is 3.06. The highest BCUT2D eigenvalue weighted by Gasteiger charge is 2.29. The fraction of sp³-hybridized carbons (Fsp3) is 0.250. The fourth-order valence-electron chi connectivity index (χ4n) is 0.896. The van der Waals surface area contributed by atoms with Gasteiger partial charge in [-0.2, -0.15) is 13.2 Å². The summed E-state index contributed by atoms with van der Waals surface area (Å²) in [6, 6.07) is 4.59. The quantitative estimate of drug-likeness (QED) is 0.650. The van der Waals surface area contributed by atoms with Gasteiger partial charge in [-0.15, -0.1) is 0 Å². The van der Waals surface area contributed by atoms with Crippen LogP contribution in [0.15, 0.2) is 23.1 Å². The van der Waals surface area contributed by atoms with Crippen LogP contribution in [0.25, 0.3) is 0 Å².